The summed E-state index contributed by atoms with van der Waals surface area (Å²) in [7, 11) is 0. The molecule has 20 rings (SSSR count). The Labute approximate surface area is 763 Å². The van der Waals surface area contributed by atoms with E-state index < -0.39 is 0 Å². The van der Waals surface area contributed by atoms with Crippen LogP contribution in [-0.2, 0) is 103 Å². The largest absolute Gasteiger partial charge is 0.309 e. The summed E-state index contributed by atoms with van der Waals surface area (Å²) in [5.41, 5.74) is 37.7. The Balaban J connectivity index is 1.10. The highest BCUT2D eigenvalue weighted by atomic mass is 32.1. The van der Waals surface area contributed by atoms with Crippen LogP contribution in [0.5, 0.6) is 0 Å². The first-order valence-corrected chi connectivity index (χ1v) is 53.0. The fraction of sp³-hybridized carbons (Fsp3) is 0.286. The van der Waals surface area contributed by atoms with E-state index in [-0.39, 0.29) is 0 Å². The van der Waals surface area contributed by atoms with Crippen molar-refractivity contribution in [1.82, 2.24) is 0 Å². The quantitative estimate of drug-likeness (QED) is 0.0453. The fourth-order valence-corrected chi connectivity index (χ4v) is 29.6. The van der Waals surface area contributed by atoms with Crippen LogP contribution in [0, 0.1) is 0 Å². The Morgan fingerprint density at radius 2 is 0.363 bits per heavy atom. The number of rotatable bonds is 28. The van der Waals surface area contributed by atoms with Gasteiger partial charge in [-0.05, 0) is 387 Å². The van der Waals surface area contributed by atoms with Crippen LogP contribution in [-0.4, -0.2) is 0 Å². The van der Waals surface area contributed by atoms with Crippen molar-refractivity contribution in [3.8, 4) is 0 Å². The summed E-state index contributed by atoms with van der Waals surface area (Å²) >= 11 is 15.3. The van der Waals surface area contributed by atoms with E-state index in [0.29, 0.717) is 0 Å². The van der Waals surface area contributed by atoms with Gasteiger partial charge in [0.25, 0.3) is 0 Å². The highest BCUT2D eigenvalue weighted by Crippen LogP contribution is 2.62. The van der Waals surface area contributed by atoms with Gasteiger partial charge in [0.15, 0.2) is 0 Å². The van der Waals surface area contributed by atoms with E-state index >= 15 is 0 Å². The minimum atomic E-state index is 0.860. The molecule has 0 amide bonds. The summed E-state index contributed by atoms with van der Waals surface area (Å²) < 4.78 is 11.0. The first kappa shape index (κ1) is 82.8. The molecule has 0 unspecified atom stereocenters. The molecule has 0 N–H and O–H groups in total. The maximum atomic E-state index is 2.94. The van der Waals surface area contributed by atoms with Gasteiger partial charge in [-0.3, -0.25) is 0 Å². The van der Waals surface area contributed by atoms with Gasteiger partial charge in [0, 0.05) is 69.9 Å². The molecule has 0 atom stereocenters. The second kappa shape index (κ2) is 33.7. The van der Waals surface area contributed by atoms with Gasteiger partial charge in [-0.15, -0.1) is 90.7 Å². The van der Waals surface area contributed by atoms with E-state index in [9.17, 15) is 0 Å². The Bertz CT molecular complexity index is 6340. The Morgan fingerprint density at radius 1 is 0.177 bits per heavy atom. The van der Waals surface area contributed by atoms with E-state index in [1.165, 1.54) is 270 Å². The third-order valence-electron chi connectivity index (χ3n) is 27.7. The normalized spacial score (nSPS) is 12.2. The van der Waals surface area contributed by atoms with Gasteiger partial charge in [-0.1, -0.05) is 135 Å². The van der Waals surface area contributed by atoms with Crippen LogP contribution >= 0.6 is 90.7 Å². The number of thiophene rings is 8. The van der Waals surface area contributed by atoms with Crippen LogP contribution in [0.15, 0.2) is 177 Å². The first-order chi connectivity index (χ1) is 60.8. The Hall–Kier alpha value is -9.44. The molecule has 20 aromatic rings. The van der Waals surface area contributed by atoms with E-state index in [4.69, 9.17) is 0 Å². The minimum absolute atomic E-state index is 0.860. The standard InChI is InChI=1S/C112H110N4S8/c1-17-63-53-71-37-45-121-109(71)79(29-13)105(63)113(101-67(21-5)57-95-83(41-49-117-95)75(101)25-9)91-61-92(114(102-68(22-6)58-96-84(42-50-118-96)76(102)26-10)106-64(18-2)54-72-38-46-122-110(72)80(106)30-14)88-35-36-90-94(116(104-70(24-8)60-98-86(44-52-120-98)78(104)28-12)108-66(20-4)56-74-40-48-124-112(74)82(108)32-16)62-93(89-34-33-87(91)99(88)100(89)90)115(103-69(23-7)59-97-85(43-51-119-97)77(103)27-11)107-65(19-3)55-73-39-47-123-111(73)81(107)31-15/h33-62H,17-32H2,1-16H3. The zero-order valence-electron chi connectivity index (χ0n) is 74.7. The van der Waals surface area contributed by atoms with Crippen molar-refractivity contribution in [3.05, 3.63) is 266 Å². The van der Waals surface area contributed by atoms with E-state index in [2.05, 4.69) is 307 Å². The van der Waals surface area contributed by atoms with E-state index in [0.717, 1.165) is 103 Å². The molecule has 0 saturated carbocycles. The lowest BCUT2D eigenvalue weighted by Gasteiger charge is -2.39. The number of benzene rings is 12. The molecule has 0 bridgehead atoms. The summed E-state index contributed by atoms with van der Waals surface area (Å²) in [5.74, 6) is 0. The molecule has 0 aliphatic carbocycles. The van der Waals surface area contributed by atoms with Crippen molar-refractivity contribution < 1.29 is 0 Å². The second-order valence-electron chi connectivity index (χ2n) is 33.5. The van der Waals surface area contributed by atoms with Crippen molar-refractivity contribution in [3.63, 3.8) is 0 Å². The zero-order chi connectivity index (χ0) is 85.4. The molecule has 8 aromatic heterocycles. The molecule has 12 aromatic carbocycles. The molecule has 0 aliphatic heterocycles. The first-order valence-electron chi connectivity index (χ1n) is 46.0. The van der Waals surface area contributed by atoms with Crippen LogP contribution in [0.4, 0.5) is 68.2 Å². The van der Waals surface area contributed by atoms with Crippen LogP contribution in [0.2, 0.25) is 0 Å². The number of hydrogen-bond acceptors (Lipinski definition) is 12. The number of fused-ring (bicyclic) bond motifs is 8. The molecule has 0 radical (unpaired) electrons. The third kappa shape index (κ3) is 12.7. The third-order valence-corrected chi connectivity index (χ3v) is 35.1. The molecule has 0 fully saturated rings. The maximum absolute atomic E-state index is 2.94. The van der Waals surface area contributed by atoms with Gasteiger partial charge in [-0.25, -0.2) is 0 Å². The van der Waals surface area contributed by atoms with Gasteiger partial charge in [0.05, 0.1) is 68.2 Å². The van der Waals surface area contributed by atoms with Crippen molar-refractivity contribution in [1.29, 1.82) is 0 Å². The number of anilines is 12. The average molecular weight is 1770 g/mol. The van der Waals surface area contributed by atoms with Gasteiger partial charge < -0.3 is 19.6 Å². The molecule has 12 heteroatoms. The summed E-state index contributed by atoms with van der Waals surface area (Å²) in [4.78, 5) is 11.8. The van der Waals surface area contributed by atoms with Crippen LogP contribution in [0.3, 0.4) is 0 Å². The van der Waals surface area contributed by atoms with Crippen molar-refractivity contribution >= 4 is 272 Å². The lowest BCUT2D eigenvalue weighted by atomic mass is 9.86. The Morgan fingerprint density at radius 3 is 0.556 bits per heavy atom. The predicted molar refractivity (Wildman–Crippen MR) is 562 cm³/mol. The monoisotopic (exact) mass is 1770 g/mol. The highest BCUT2D eigenvalue weighted by molar-refractivity contribution is 7.19. The van der Waals surface area contributed by atoms with Gasteiger partial charge in [0.1, 0.15) is 0 Å². The molecule has 0 spiro atoms. The molecule has 124 heavy (non-hydrogen) atoms. The second-order valence-corrected chi connectivity index (χ2v) is 40.9. The van der Waals surface area contributed by atoms with Crippen molar-refractivity contribution in [2.75, 3.05) is 19.6 Å². The number of aryl methyl sites for hydroxylation is 16. The summed E-state index contributed by atoms with van der Waals surface area (Å²) in [6, 6.07) is 56.3. The molecule has 4 nitrogen and oxygen atoms in total. The summed E-state index contributed by atoms with van der Waals surface area (Å²) in [6.07, 6.45) is 13.8. The van der Waals surface area contributed by atoms with Gasteiger partial charge in [0.2, 0.25) is 0 Å². The number of nitrogens with zero attached hydrogens (tertiary/aromatic N) is 4. The van der Waals surface area contributed by atoms with Crippen LogP contribution < -0.4 is 19.6 Å². The van der Waals surface area contributed by atoms with Gasteiger partial charge in [-0.2, -0.15) is 0 Å². The van der Waals surface area contributed by atoms with Gasteiger partial charge >= 0.3 is 0 Å². The van der Waals surface area contributed by atoms with Crippen LogP contribution in [0.25, 0.3) is 113 Å². The molecule has 8 heterocycles. The van der Waals surface area contributed by atoms with Crippen molar-refractivity contribution in [2.24, 2.45) is 0 Å². The van der Waals surface area contributed by atoms with Crippen molar-refractivity contribution in [2.45, 2.75) is 214 Å². The summed E-state index contributed by atoms with van der Waals surface area (Å²) in [5, 5.41) is 37.2. The molecular formula is C112H110N4S8. The average Bonchev–Trinajstić information content (AvgIpc) is 0.818. The highest BCUT2D eigenvalue weighted by Gasteiger charge is 2.39. The lowest BCUT2D eigenvalue weighted by Crippen LogP contribution is -2.22. The Kier molecular flexibility index (Phi) is 22.5. The summed E-state index contributed by atoms with van der Waals surface area (Å²) in [6.45, 7) is 39.0. The molecule has 626 valence electrons. The zero-order valence-corrected chi connectivity index (χ0v) is 81.2. The maximum Gasteiger partial charge on any atom is 0.0562 e. The molecule has 0 aliphatic rings. The SMILES string of the molecule is CCc1cc2sccc2c(CC)c1N(c1c(CC)cc2ccsc2c1CC)c1cc(N(c2c(CC)cc3sccc3c2CC)c2c(CC)cc3ccsc3c2CC)c2ccc3c(N(c4c(CC)cc5sccc5c4CC)c4c(CC)cc5ccsc5c4CC)cc(N(c4c(CC)cc5sccc5c4CC)c4c(CC)cc5ccsc5c4CC)c4ccc1c2c43. The fourth-order valence-electron chi connectivity index (χ4n) is 22.1. The lowest BCUT2D eigenvalue weighted by molar-refractivity contribution is 1.04. The number of hydrogen-bond donors (Lipinski definition) is 0. The van der Waals surface area contributed by atoms with Crippen LogP contribution in [0.1, 0.15) is 200 Å². The van der Waals surface area contributed by atoms with E-state index in [1.807, 2.05) is 90.7 Å². The minimum Gasteiger partial charge on any atom is -0.309 e. The van der Waals surface area contributed by atoms with E-state index in [1.54, 1.807) is 0 Å². The topological polar surface area (TPSA) is 13.0 Å². The molecule has 0 saturated heterocycles. The molecular weight excluding hydrogens is 1660 g/mol. The predicted octanol–water partition coefficient (Wildman–Crippen LogP) is 37.2. The smallest absolute Gasteiger partial charge is 0.0562 e.